The Hall–Kier alpha value is -1.16. The highest BCUT2D eigenvalue weighted by molar-refractivity contribution is 7.99. The number of aliphatic imine (C=N–C) groups is 1. The quantitative estimate of drug-likeness (QED) is 0.672. The molecule has 1 saturated heterocycles. The van der Waals surface area contributed by atoms with Gasteiger partial charge < -0.3 is 10.6 Å². The zero-order chi connectivity index (χ0) is 13.9. The monoisotopic (exact) mass is 289 g/mol. The first-order chi connectivity index (χ1) is 9.74. The number of nitrogens with two attached hydrogens (primary N) is 1. The molecule has 1 fully saturated rings. The van der Waals surface area contributed by atoms with Crippen LogP contribution in [0.1, 0.15) is 31.2 Å². The van der Waals surface area contributed by atoms with E-state index in [0.717, 1.165) is 37.3 Å². The van der Waals surface area contributed by atoms with Crippen molar-refractivity contribution in [3.05, 3.63) is 29.8 Å². The smallest absolute Gasteiger partial charge is 0.191 e. The molecule has 3 rings (SSSR count). The maximum atomic E-state index is 6.18. The summed E-state index contributed by atoms with van der Waals surface area (Å²) in [6.45, 7) is 5.24. The number of thioether (sulfide) groups is 1. The topological polar surface area (TPSA) is 41.6 Å². The minimum absolute atomic E-state index is 0.525. The second-order valence-electron chi connectivity index (χ2n) is 5.94. The number of piperidine rings is 1. The van der Waals surface area contributed by atoms with E-state index in [1.165, 1.54) is 23.3 Å². The lowest BCUT2D eigenvalue weighted by Gasteiger charge is -2.31. The fourth-order valence-corrected chi connectivity index (χ4v) is 4.32. The van der Waals surface area contributed by atoms with E-state index < -0.39 is 0 Å². The second kappa shape index (κ2) is 6.08. The fraction of sp³-hybridized carbons (Fsp3) is 0.562. The van der Waals surface area contributed by atoms with Crippen LogP contribution in [0.2, 0.25) is 0 Å². The van der Waals surface area contributed by atoms with Crippen LogP contribution in [-0.4, -0.2) is 36.2 Å². The third kappa shape index (κ3) is 2.95. The molecule has 2 N–H and O–H groups in total. The van der Waals surface area contributed by atoms with Crippen LogP contribution in [0.3, 0.4) is 0 Å². The zero-order valence-corrected chi connectivity index (χ0v) is 12.9. The molecule has 0 aliphatic carbocycles. The Labute approximate surface area is 125 Å². The number of hydrogen-bond donors (Lipinski definition) is 1. The van der Waals surface area contributed by atoms with Gasteiger partial charge in [0.25, 0.3) is 0 Å². The molecule has 0 aromatic heterocycles. The lowest BCUT2D eigenvalue weighted by atomic mass is 10.0. The molecule has 4 heteroatoms. The maximum absolute atomic E-state index is 6.18. The summed E-state index contributed by atoms with van der Waals surface area (Å²) < 4.78 is 0. The first-order valence-electron chi connectivity index (χ1n) is 7.50. The number of fused-ring (bicyclic) bond motifs is 1. The second-order valence-corrected chi connectivity index (χ2v) is 7.00. The van der Waals surface area contributed by atoms with Gasteiger partial charge >= 0.3 is 0 Å². The molecule has 0 spiro atoms. The zero-order valence-electron chi connectivity index (χ0n) is 12.1. The normalized spacial score (nSPS) is 26.6. The summed E-state index contributed by atoms with van der Waals surface area (Å²) in [6, 6.07) is 8.67. The number of nitrogens with zero attached hydrogens (tertiary/aromatic N) is 2. The first-order valence-corrected chi connectivity index (χ1v) is 8.49. The molecule has 1 aromatic carbocycles. The Bertz CT molecular complexity index is 500. The van der Waals surface area contributed by atoms with Crippen LogP contribution in [0, 0.1) is 5.92 Å². The van der Waals surface area contributed by atoms with Crippen LogP contribution in [0.25, 0.3) is 0 Å². The lowest BCUT2D eigenvalue weighted by Crippen LogP contribution is -2.43. The van der Waals surface area contributed by atoms with E-state index in [0.29, 0.717) is 5.92 Å². The van der Waals surface area contributed by atoms with Gasteiger partial charge in [-0.05, 0) is 30.4 Å². The lowest BCUT2D eigenvalue weighted by molar-refractivity contribution is 0.270. The van der Waals surface area contributed by atoms with Crippen LogP contribution in [0.15, 0.2) is 34.2 Å². The van der Waals surface area contributed by atoms with Crippen LogP contribution in [0.5, 0.6) is 0 Å². The molecule has 3 nitrogen and oxygen atoms in total. The van der Waals surface area contributed by atoms with Crippen LogP contribution in [-0.2, 0) is 0 Å². The minimum atomic E-state index is 0.525. The first kappa shape index (κ1) is 13.8. The van der Waals surface area contributed by atoms with Crippen molar-refractivity contribution in [1.82, 2.24) is 4.90 Å². The average molecular weight is 289 g/mol. The van der Waals surface area contributed by atoms with Gasteiger partial charge in [0.15, 0.2) is 5.96 Å². The molecule has 2 unspecified atom stereocenters. The van der Waals surface area contributed by atoms with Gasteiger partial charge in [-0.25, -0.2) is 0 Å². The summed E-state index contributed by atoms with van der Waals surface area (Å²) in [5, 5.41) is 0. The van der Waals surface area contributed by atoms with Crippen LogP contribution >= 0.6 is 11.8 Å². The molecule has 2 atom stereocenters. The highest BCUT2D eigenvalue weighted by atomic mass is 32.2. The van der Waals surface area contributed by atoms with E-state index in [9.17, 15) is 0 Å². The molecular weight excluding hydrogens is 266 g/mol. The standard InChI is InChI=1S/C16H23N3S/c1-12-5-4-8-19(10-12)16(17)18-9-13-11-20-15-7-3-2-6-14(13)15/h2-3,6-7,12-13H,4-5,8-11H2,1H3,(H2,17,18). The molecular formula is C16H23N3S. The predicted molar refractivity (Wildman–Crippen MR) is 86.4 cm³/mol. The van der Waals surface area contributed by atoms with Crippen molar-refractivity contribution >= 4 is 17.7 Å². The number of hydrogen-bond acceptors (Lipinski definition) is 2. The SMILES string of the molecule is CC1CCCN(C(N)=NCC2CSc3ccccc32)C1. The predicted octanol–water partition coefficient (Wildman–Crippen LogP) is 2.92. The van der Waals surface area contributed by atoms with E-state index in [1.54, 1.807) is 0 Å². The van der Waals surface area contributed by atoms with Crippen molar-refractivity contribution < 1.29 is 0 Å². The van der Waals surface area contributed by atoms with Gasteiger partial charge in [0.05, 0.1) is 6.54 Å². The van der Waals surface area contributed by atoms with Gasteiger partial charge in [-0.2, -0.15) is 0 Å². The highest BCUT2D eigenvalue weighted by Crippen LogP contribution is 2.39. The Kier molecular flexibility index (Phi) is 4.20. The Morgan fingerprint density at radius 2 is 2.30 bits per heavy atom. The summed E-state index contributed by atoms with van der Waals surface area (Å²) in [5.74, 6) is 3.13. The fourth-order valence-electron chi connectivity index (χ4n) is 3.08. The van der Waals surface area contributed by atoms with Crippen molar-refractivity contribution in [1.29, 1.82) is 0 Å². The third-order valence-corrected chi connectivity index (χ3v) is 5.51. The van der Waals surface area contributed by atoms with E-state index >= 15 is 0 Å². The highest BCUT2D eigenvalue weighted by Gasteiger charge is 2.23. The van der Waals surface area contributed by atoms with Crippen LogP contribution < -0.4 is 5.73 Å². The molecule has 0 bridgehead atoms. The Balaban J connectivity index is 1.63. The molecule has 0 amide bonds. The van der Waals surface area contributed by atoms with Gasteiger partial charge in [-0.15, -0.1) is 11.8 Å². The summed E-state index contributed by atoms with van der Waals surface area (Å²) in [7, 11) is 0. The minimum Gasteiger partial charge on any atom is -0.370 e. The molecule has 108 valence electrons. The average Bonchev–Trinajstić information content (AvgIpc) is 2.88. The van der Waals surface area contributed by atoms with Crippen molar-refractivity contribution in [2.24, 2.45) is 16.6 Å². The molecule has 20 heavy (non-hydrogen) atoms. The van der Waals surface area contributed by atoms with Crippen molar-refractivity contribution in [2.75, 3.05) is 25.4 Å². The van der Waals surface area contributed by atoms with Gasteiger partial charge in [0.2, 0.25) is 0 Å². The summed E-state index contributed by atoms with van der Waals surface area (Å²) >= 11 is 1.94. The van der Waals surface area contributed by atoms with E-state index in [-0.39, 0.29) is 0 Å². The Morgan fingerprint density at radius 1 is 1.45 bits per heavy atom. The summed E-state index contributed by atoms with van der Waals surface area (Å²) in [6.07, 6.45) is 2.55. The summed E-state index contributed by atoms with van der Waals surface area (Å²) in [4.78, 5) is 8.34. The Morgan fingerprint density at radius 3 is 3.15 bits per heavy atom. The number of likely N-dealkylation sites (tertiary alicyclic amines) is 1. The number of rotatable bonds is 2. The van der Waals surface area contributed by atoms with Crippen LogP contribution in [0.4, 0.5) is 0 Å². The van der Waals surface area contributed by atoms with Gasteiger partial charge in [-0.3, -0.25) is 4.99 Å². The molecule has 0 radical (unpaired) electrons. The number of benzene rings is 1. The van der Waals surface area contributed by atoms with E-state index in [4.69, 9.17) is 5.73 Å². The van der Waals surface area contributed by atoms with Crippen molar-refractivity contribution in [3.8, 4) is 0 Å². The van der Waals surface area contributed by atoms with E-state index in [1.807, 2.05) is 11.8 Å². The molecule has 2 aliphatic rings. The van der Waals surface area contributed by atoms with E-state index in [2.05, 4.69) is 41.1 Å². The van der Waals surface area contributed by atoms with Gasteiger partial charge in [0.1, 0.15) is 0 Å². The maximum Gasteiger partial charge on any atom is 0.191 e. The van der Waals surface area contributed by atoms with Gasteiger partial charge in [-0.1, -0.05) is 25.1 Å². The number of guanidine groups is 1. The molecule has 1 aromatic rings. The molecule has 2 aliphatic heterocycles. The van der Waals surface area contributed by atoms with Crippen molar-refractivity contribution in [2.45, 2.75) is 30.6 Å². The van der Waals surface area contributed by atoms with Gasteiger partial charge in [0, 0.05) is 29.7 Å². The third-order valence-electron chi connectivity index (χ3n) is 4.25. The summed E-state index contributed by atoms with van der Waals surface area (Å²) in [5.41, 5.74) is 7.62. The van der Waals surface area contributed by atoms with Crippen molar-refractivity contribution in [3.63, 3.8) is 0 Å². The largest absolute Gasteiger partial charge is 0.370 e. The molecule has 2 heterocycles. The molecule has 0 saturated carbocycles.